The van der Waals surface area contributed by atoms with Gasteiger partial charge in [0, 0.05) is 6.04 Å². The summed E-state index contributed by atoms with van der Waals surface area (Å²) in [7, 11) is 0. The number of hydrogen-bond acceptors (Lipinski definition) is 3. The summed E-state index contributed by atoms with van der Waals surface area (Å²) >= 11 is 0. The standard InChI is InChI=1S/C19H20FNO3/c20-15-6-4-14(5-7-15)18(23)12-21(16-8-9-16)19(24)11-13-2-1-3-17(22)10-13/h1-7,10,16,18,22-23H,8-9,11-12H2/t18-/m1/s1. The number of halogens is 1. The molecule has 0 bridgehead atoms. The van der Waals surface area contributed by atoms with E-state index >= 15 is 0 Å². The van der Waals surface area contributed by atoms with Crippen LogP contribution >= 0.6 is 0 Å². The van der Waals surface area contributed by atoms with Gasteiger partial charge in [0.2, 0.25) is 5.91 Å². The second-order valence-corrected chi connectivity index (χ2v) is 6.19. The number of hydrogen-bond donors (Lipinski definition) is 2. The highest BCUT2D eigenvalue weighted by molar-refractivity contribution is 5.79. The smallest absolute Gasteiger partial charge is 0.227 e. The average molecular weight is 329 g/mol. The van der Waals surface area contributed by atoms with Crippen LogP contribution in [0, 0.1) is 5.82 Å². The predicted molar refractivity (Wildman–Crippen MR) is 87.9 cm³/mol. The van der Waals surface area contributed by atoms with E-state index in [1.807, 2.05) is 0 Å². The van der Waals surface area contributed by atoms with Crippen LogP contribution in [0.2, 0.25) is 0 Å². The SMILES string of the molecule is O=C(Cc1cccc(O)c1)N(C[C@@H](O)c1ccc(F)cc1)C1CC1. The number of aromatic hydroxyl groups is 1. The van der Waals surface area contributed by atoms with Crippen LogP contribution in [0.15, 0.2) is 48.5 Å². The average Bonchev–Trinajstić information content (AvgIpc) is 3.37. The summed E-state index contributed by atoms with van der Waals surface area (Å²) in [6.45, 7) is 0.188. The molecule has 5 heteroatoms. The first-order chi connectivity index (χ1) is 11.5. The molecule has 0 unspecified atom stereocenters. The highest BCUT2D eigenvalue weighted by Gasteiger charge is 2.33. The zero-order chi connectivity index (χ0) is 17.1. The fourth-order valence-corrected chi connectivity index (χ4v) is 2.76. The van der Waals surface area contributed by atoms with E-state index in [1.165, 1.54) is 24.3 Å². The van der Waals surface area contributed by atoms with Crippen molar-refractivity contribution in [2.45, 2.75) is 31.4 Å². The third-order valence-electron chi connectivity index (χ3n) is 4.20. The Morgan fingerprint density at radius 3 is 2.54 bits per heavy atom. The first-order valence-electron chi connectivity index (χ1n) is 8.04. The molecule has 1 aliphatic carbocycles. The van der Waals surface area contributed by atoms with E-state index in [4.69, 9.17) is 0 Å². The minimum absolute atomic E-state index is 0.0794. The number of phenolic OH excluding ortho intramolecular Hbond substituents is 1. The maximum atomic E-state index is 13.0. The number of benzene rings is 2. The molecule has 0 spiro atoms. The van der Waals surface area contributed by atoms with Gasteiger partial charge in [0.25, 0.3) is 0 Å². The minimum Gasteiger partial charge on any atom is -0.508 e. The van der Waals surface area contributed by atoms with Crippen molar-refractivity contribution in [3.8, 4) is 5.75 Å². The van der Waals surface area contributed by atoms with E-state index < -0.39 is 6.10 Å². The summed E-state index contributed by atoms with van der Waals surface area (Å²) in [4.78, 5) is 14.3. The molecule has 1 atom stereocenters. The first-order valence-corrected chi connectivity index (χ1v) is 8.04. The molecule has 1 aliphatic rings. The van der Waals surface area contributed by atoms with E-state index in [9.17, 15) is 19.4 Å². The van der Waals surface area contributed by atoms with E-state index in [1.54, 1.807) is 29.2 Å². The molecule has 0 aliphatic heterocycles. The second kappa shape index (κ2) is 7.01. The molecule has 2 aromatic rings. The Balaban J connectivity index is 1.68. The Hall–Kier alpha value is -2.40. The molecule has 0 saturated heterocycles. The number of nitrogens with zero attached hydrogens (tertiary/aromatic N) is 1. The molecular formula is C19H20FNO3. The number of carbonyl (C=O) groups excluding carboxylic acids is 1. The Kier molecular flexibility index (Phi) is 4.81. The van der Waals surface area contributed by atoms with Crippen molar-refractivity contribution >= 4 is 5.91 Å². The molecule has 126 valence electrons. The molecule has 1 fully saturated rings. The second-order valence-electron chi connectivity index (χ2n) is 6.19. The van der Waals surface area contributed by atoms with Gasteiger partial charge >= 0.3 is 0 Å². The maximum absolute atomic E-state index is 13.0. The van der Waals surface area contributed by atoms with Gasteiger partial charge in [-0.25, -0.2) is 4.39 Å². The number of amides is 1. The molecule has 2 aromatic carbocycles. The van der Waals surface area contributed by atoms with Gasteiger partial charge in [-0.2, -0.15) is 0 Å². The Morgan fingerprint density at radius 1 is 1.21 bits per heavy atom. The van der Waals surface area contributed by atoms with Crippen molar-refractivity contribution in [1.29, 1.82) is 0 Å². The Bertz CT molecular complexity index is 713. The highest BCUT2D eigenvalue weighted by Crippen LogP contribution is 2.30. The van der Waals surface area contributed by atoms with Gasteiger partial charge in [0.15, 0.2) is 0 Å². The van der Waals surface area contributed by atoms with Crippen molar-refractivity contribution in [2.24, 2.45) is 0 Å². The van der Waals surface area contributed by atoms with Gasteiger partial charge in [-0.1, -0.05) is 24.3 Å². The highest BCUT2D eigenvalue weighted by atomic mass is 19.1. The molecule has 4 nitrogen and oxygen atoms in total. The van der Waals surface area contributed by atoms with Gasteiger partial charge < -0.3 is 15.1 Å². The largest absolute Gasteiger partial charge is 0.508 e. The fourth-order valence-electron chi connectivity index (χ4n) is 2.76. The lowest BCUT2D eigenvalue weighted by molar-refractivity contribution is -0.132. The maximum Gasteiger partial charge on any atom is 0.227 e. The molecule has 3 rings (SSSR count). The van der Waals surface area contributed by atoms with E-state index in [0.29, 0.717) is 5.56 Å². The van der Waals surface area contributed by atoms with Crippen LogP contribution in [0.3, 0.4) is 0 Å². The summed E-state index contributed by atoms with van der Waals surface area (Å²) in [5.41, 5.74) is 1.33. The molecule has 1 saturated carbocycles. The lowest BCUT2D eigenvalue weighted by Crippen LogP contribution is -2.37. The van der Waals surface area contributed by atoms with Gasteiger partial charge in [-0.15, -0.1) is 0 Å². The fraction of sp³-hybridized carbons (Fsp3) is 0.316. The normalized spacial score (nSPS) is 15.1. The molecule has 0 aromatic heterocycles. The number of aliphatic hydroxyl groups excluding tert-OH is 1. The minimum atomic E-state index is -0.848. The van der Waals surface area contributed by atoms with Crippen molar-refractivity contribution in [3.05, 3.63) is 65.5 Å². The number of rotatable bonds is 6. The zero-order valence-electron chi connectivity index (χ0n) is 13.2. The topological polar surface area (TPSA) is 60.8 Å². The molecule has 0 radical (unpaired) electrons. The van der Waals surface area contributed by atoms with Gasteiger partial charge in [-0.05, 0) is 48.2 Å². The van der Waals surface area contributed by atoms with E-state index in [2.05, 4.69) is 0 Å². The number of carbonyl (C=O) groups is 1. The Labute approximate surface area is 140 Å². The molecule has 24 heavy (non-hydrogen) atoms. The van der Waals surface area contributed by atoms with Crippen LogP contribution in [0.25, 0.3) is 0 Å². The van der Waals surface area contributed by atoms with Crippen LogP contribution in [-0.2, 0) is 11.2 Å². The summed E-state index contributed by atoms with van der Waals surface area (Å²) in [6, 6.07) is 12.4. The van der Waals surface area contributed by atoms with E-state index in [0.717, 1.165) is 18.4 Å². The lowest BCUT2D eigenvalue weighted by atomic mass is 10.1. The van der Waals surface area contributed by atoms with Crippen LogP contribution in [0.5, 0.6) is 5.75 Å². The first kappa shape index (κ1) is 16.5. The van der Waals surface area contributed by atoms with Crippen molar-refractivity contribution in [3.63, 3.8) is 0 Å². The summed E-state index contributed by atoms with van der Waals surface area (Å²) in [5.74, 6) is -0.307. The van der Waals surface area contributed by atoms with E-state index in [-0.39, 0.29) is 36.5 Å². The monoisotopic (exact) mass is 329 g/mol. The lowest BCUT2D eigenvalue weighted by Gasteiger charge is -2.25. The molecular weight excluding hydrogens is 309 g/mol. The Morgan fingerprint density at radius 2 is 1.92 bits per heavy atom. The predicted octanol–water partition coefficient (Wildman–Crippen LogP) is 2.80. The summed E-state index contributed by atoms with van der Waals surface area (Å²) in [5, 5.41) is 19.9. The summed E-state index contributed by atoms with van der Waals surface area (Å²) < 4.78 is 13.0. The van der Waals surface area contributed by atoms with Crippen LogP contribution < -0.4 is 0 Å². The van der Waals surface area contributed by atoms with Gasteiger partial charge in [0.05, 0.1) is 19.1 Å². The number of phenols is 1. The third-order valence-corrected chi connectivity index (χ3v) is 4.20. The van der Waals surface area contributed by atoms with Crippen molar-refractivity contribution in [1.82, 2.24) is 4.90 Å². The van der Waals surface area contributed by atoms with Crippen LogP contribution in [0.1, 0.15) is 30.1 Å². The third kappa shape index (κ3) is 4.11. The summed E-state index contributed by atoms with van der Waals surface area (Å²) in [6.07, 6.45) is 1.20. The zero-order valence-corrected chi connectivity index (χ0v) is 13.2. The van der Waals surface area contributed by atoms with Crippen LogP contribution in [0.4, 0.5) is 4.39 Å². The number of aliphatic hydroxyl groups is 1. The van der Waals surface area contributed by atoms with Crippen LogP contribution in [-0.4, -0.2) is 33.6 Å². The molecule has 0 heterocycles. The molecule has 2 N–H and O–H groups in total. The van der Waals surface area contributed by atoms with Gasteiger partial charge in [0.1, 0.15) is 11.6 Å². The molecule has 1 amide bonds. The quantitative estimate of drug-likeness (QED) is 0.857. The van der Waals surface area contributed by atoms with Gasteiger partial charge in [-0.3, -0.25) is 4.79 Å². The van der Waals surface area contributed by atoms with Crippen molar-refractivity contribution < 1.29 is 19.4 Å². The van der Waals surface area contributed by atoms with Crippen molar-refractivity contribution in [2.75, 3.05) is 6.54 Å².